The monoisotopic (exact) mass is 415 g/mol. The third kappa shape index (κ3) is 4.83. The normalized spacial score (nSPS) is 16.4. The van der Waals surface area contributed by atoms with Gasteiger partial charge in [0, 0.05) is 31.1 Å². The van der Waals surface area contributed by atoms with Gasteiger partial charge >= 0.3 is 0 Å². The molecule has 9 nitrogen and oxygen atoms in total. The van der Waals surface area contributed by atoms with Gasteiger partial charge < -0.3 is 15.2 Å². The lowest BCUT2D eigenvalue weighted by molar-refractivity contribution is -0.122. The van der Waals surface area contributed by atoms with Gasteiger partial charge in [-0.3, -0.25) is 4.79 Å². The first kappa shape index (κ1) is 21.3. The van der Waals surface area contributed by atoms with Crippen LogP contribution in [-0.2, 0) is 21.2 Å². The van der Waals surface area contributed by atoms with Crippen LogP contribution in [-0.4, -0.2) is 61.5 Å². The summed E-state index contributed by atoms with van der Waals surface area (Å²) in [5.74, 6) is 0.619. The summed E-state index contributed by atoms with van der Waals surface area (Å²) < 4.78 is 31.7. The number of sulfonamides is 1. The lowest BCUT2D eigenvalue weighted by Crippen LogP contribution is -2.49. The van der Waals surface area contributed by atoms with Crippen LogP contribution < -0.4 is 10.6 Å². The van der Waals surface area contributed by atoms with E-state index in [1.54, 1.807) is 12.1 Å². The molecule has 0 bridgehead atoms. The van der Waals surface area contributed by atoms with E-state index in [1.807, 2.05) is 14.0 Å². The maximum absolute atomic E-state index is 12.6. The molecule has 27 heavy (non-hydrogen) atoms. The highest BCUT2D eigenvalue weighted by Gasteiger charge is 2.29. The van der Waals surface area contributed by atoms with Crippen molar-refractivity contribution in [3.8, 4) is 11.5 Å². The van der Waals surface area contributed by atoms with Gasteiger partial charge in [-0.25, -0.2) is 8.42 Å². The lowest BCUT2D eigenvalue weighted by atomic mass is 10.2. The Labute approximate surface area is 164 Å². The zero-order valence-electron chi connectivity index (χ0n) is 15.0. The third-order valence-corrected chi connectivity index (χ3v) is 6.05. The van der Waals surface area contributed by atoms with Crippen molar-refractivity contribution >= 4 is 28.3 Å². The van der Waals surface area contributed by atoms with E-state index in [4.69, 9.17) is 4.52 Å². The average Bonchev–Trinajstić information content (AvgIpc) is 3.10. The molecule has 3 rings (SSSR count). The Bertz CT molecular complexity index is 884. The van der Waals surface area contributed by atoms with Crippen molar-refractivity contribution in [3.63, 3.8) is 0 Å². The summed E-state index contributed by atoms with van der Waals surface area (Å²) in [5.41, 5.74) is 0.635. The average molecular weight is 416 g/mol. The van der Waals surface area contributed by atoms with Crippen LogP contribution >= 0.6 is 12.4 Å². The summed E-state index contributed by atoms with van der Waals surface area (Å²) in [5, 5.41) is 9.64. The van der Waals surface area contributed by atoms with Crippen molar-refractivity contribution in [1.82, 2.24) is 25.1 Å². The van der Waals surface area contributed by atoms with Gasteiger partial charge in [-0.2, -0.15) is 9.29 Å². The maximum Gasteiger partial charge on any atom is 0.257 e. The van der Waals surface area contributed by atoms with Crippen LogP contribution in [0, 0.1) is 0 Å². The number of benzene rings is 1. The van der Waals surface area contributed by atoms with Gasteiger partial charge in [0.1, 0.15) is 0 Å². The largest absolute Gasteiger partial charge is 0.354 e. The Hall–Kier alpha value is -2.01. The van der Waals surface area contributed by atoms with E-state index in [2.05, 4.69) is 20.8 Å². The molecule has 2 heterocycles. The number of halogens is 1. The Morgan fingerprint density at radius 3 is 2.67 bits per heavy atom. The Morgan fingerprint density at radius 2 is 2.04 bits per heavy atom. The van der Waals surface area contributed by atoms with Crippen LogP contribution in [0.15, 0.2) is 33.7 Å². The minimum atomic E-state index is -3.71. The van der Waals surface area contributed by atoms with Gasteiger partial charge in [0.2, 0.25) is 15.9 Å². The molecule has 0 radical (unpaired) electrons. The van der Waals surface area contributed by atoms with Crippen molar-refractivity contribution in [1.29, 1.82) is 0 Å². The van der Waals surface area contributed by atoms with E-state index in [0.717, 1.165) is 0 Å². The number of aromatic nitrogens is 2. The molecule has 1 amide bonds. The second-order valence-electron chi connectivity index (χ2n) is 6.12. The number of rotatable bonds is 6. The second-order valence-corrected chi connectivity index (χ2v) is 8.06. The van der Waals surface area contributed by atoms with Crippen molar-refractivity contribution in [2.45, 2.75) is 24.3 Å². The SMILES string of the molecule is CNC(C)Cc1noc(-c2ccc(S(=O)(=O)N3CCNC(=O)C3)cc2)n1.Cl. The summed E-state index contributed by atoms with van der Waals surface area (Å²) in [4.78, 5) is 15.9. The van der Waals surface area contributed by atoms with E-state index in [-0.39, 0.29) is 42.3 Å². The lowest BCUT2D eigenvalue weighted by Gasteiger charge is -2.25. The van der Waals surface area contributed by atoms with Gasteiger partial charge in [-0.15, -0.1) is 12.4 Å². The summed E-state index contributed by atoms with van der Waals surface area (Å²) in [6.45, 7) is 2.41. The number of hydrogen-bond donors (Lipinski definition) is 2. The van der Waals surface area contributed by atoms with Gasteiger partial charge in [0.25, 0.3) is 5.89 Å². The summed E-state index contributed by atoms with van der Waals surface area (Å²) >= 11 is 0. The number of likely N-dealkylation sites (N-methyl/N-ethyl adjacent to an activating group) is 1. The Kier molecular flexibility index (Phi) is 6.93. The molecule has 2 N–H and O–H groups in total. The van der Waals surface area contributed by atoms with Crippen LogP contribution in [0.1, 0.15) is 12.7 Å². The first-order valence-corrected chi connectivity index (χ1v) is 9.71. The van der Waals surface area contributed by atoms with Crippen molar-refractivity contribution in [3.05, 3.63) is 30.1 Å². The smallest absolute Gasteiger partial charge is 0.257 e. The quantitative estimate of drug-likeness (QED) is 0.702. The molecule has 1 unspecified atom stereocenters. The van der Waals surface area contributed by atoms with E-state index in [9.17, 15) is 13.2 Å². The molecule has 1 aromatic heterocycles. The van der Waals surface area contributed by atoms with Crippen LogP contribution in [0.2, 0.25) is 0 Å². The highest BCUT2D eigenvalue weighted by atomic mass is 35.5. The number of nitrogens with one attached hydrogen (secondary N) is 2. The van der Waals surface area contributed by atoms with E-state index in [1.165, 1.54) is 16.4 Å². The molecule has 0 saturated carbocycles. The zero-order chi connectivity index (χ0) is 18.7. The minimum absolute atomic E-state index is 0. The fraction of sp³-hybridized carbons (Fsp3) is 0.438. The molecule has 0 spiro atoms. The predicted molar refractivity (Wildman–Crippen MR) is 101 cm³/mol. The van der Waals surface area contributed by atoms with Crippen molar-refractivity contribution in [2.24, 2.45) is 0 Å². The number of amides is 1. The first-order valence-electron chi connectivity index (χ1n) is 8.27. The Balaban J connectivity index is 0.00000261. The van der Waals surface area contributed by atoms with E-state index in [0.29, 0.717) is 30.2 Å². The molecular formula is C16H22ClN5O4S. The van der Waals surface area contributed by atoms with Gasteiger partial charge in [-0.1, -0.05) is 5.16 Å². The third-order valence-electron chi connectivity index (χ3n) is 4.19. The minimum Gasteiger partial charge on any atom is -0.354 e. The molecule has 1 aromatic carbocycles. The number of carbonyl (C=O) groups is 1. The number of piperazine rings is 1. The summed E-state index contributed by atoms with van der Waals surface area (Å²) in [7, 11) is -1.85. The Morgan fingerprint density at radius 1 is 1.33 bits per heavy atom. The van der Waals surface area contributed by atoms with Crippen molar-refractivity contribution in [2.75, 3.05) is 26.7 Å². The van der Waals surface area contributed by atoms with E-state index >= 15 is 0 Å². The standard InChI is InChI=1S/C16H21N5O4S.ClH/c1-11(17-2)9-14-19-16(25-20-14)12-3-5-13(6-4-12)26(23,24)21-8-7-18-15(22)10-21;/h3-6,11,17H,7-10H2,1-2H3,(H,18,22);1H. The topological polar surface area (TPSA) is 117 Å². The maximum atomic E-state index is 12.6. The number of carbonyl (C=O) groups excluding carboxylic acids is 1. The van der Waals surface area contributed by atoms with Crippen LogP contribution in [0.3, 0.4) is 0 Å². The van der Waals surface area contributed by atoms with E-state index < -0.39 is 10.0 Å². The van der Waals surface area contributed by atoms with Crippen LogP contribution in [0.4, 0.5) is 0 Å². The molecule has 2 aromatic rings. The molecule has 11 heteroatoms. The first-order chi connectivity index (χ1) is 12.4. The molecule has 0 aliphatic carbocycles. The van der Waals surface area contributed by atoms with Gasteiger partial charge in [0.15, 0.2) is 5.82 Å². The molecule has 1 saturated heterocycles. The van der Waals surface area contributed by atoms with Crippen LogP contribution in [0.25, 0.3) is 11.5 Å². The fourth-order valence-corrected chi connectivity index (χ4v) is 3.97. The van der Waals surface area contributed by atoms with Crippen molar-refractivity contribution < 1.29 is 17.7 Å². The molecule has 1 aliphatic heterocycles. The molecule has 1 fully saturated rings. The predicted octanol–water partition coefficient (Wildman–Crippen LogP) is 0.429. The van der Waals surface area contributed by atoms with Gasteiger partial charge in [-0.05, 0) is 38.2 Å². The zero-order valence-corrected chi connectivity index (χ0v) is 16.6. The summed E-state index contributed by atoms with van der Waals surface area (Å²) in [6.07, 6.45) is 0.628. The van der Waals surface area contributed by atoms with Crippen LogP contribution in [0.5, 0.6) is 0 Å². The number of nitrogens with zero attached hydrogens (tertiary/aromatic N) is 3. The number of hydrogen-bond acceptors (Lipinski definition) is 7. The highest BCUT2D eigenvalue weighted by Crippen LogP contribution is 2.22. The van der Waals surface area contributed by atoms with Gasteiger partial charge in [0.05, 0.1) is 11.4 Å². The second kappa shape index (κ2) is 8.79. The molecule has 148 valence electrons. The molecule has 1 atom stereocenters. The summed E-state index contributed by atoms with van der Waals surface area (Å²) in [6, 6.07) is 6.43. The highest BCUT2D eigenvalue weighted by molar-refractivity contribution is 7.89. The molecular weight excluding hydrogens is 394 g/mol. The fourth-order valence-electron chi connectivity index (χ4n) is 2.57. The molecule has 1 aliphatic rings.